The molecule has 1 saturated heterocycles. The molecule has 0 aliphatic carbocycles. The molecule has 1 aliphatic rings. The zero-order valence-electron chi connectivity index (χ0n) is 23.0. The van der Waals surface area contributed by atoms with Gasteiger partial charge in [-0.1, -0.05) is 90.2 Å². The van der Waals surface area contributed by atoms with Crippen molar-refractivity contribution in [2.24, 2.45) is 0 Å². The van der Waals surface area contributed by atoms with Crippen molar-refractivity contribution >= 4 is 5.91 Å². The molecule has 218 valence electrons. The summed E-state index contributed by atoms with van der Waals surface area (Å²) < 4.78 is 11.0. The molecule has 1 aliphatic heterocycles. The summed E-state index contributed by atoms with van der Waals surface area (Å²) in [5.74, 6) is -0.206. The van der Waals surface area contributed by atoms with E-state index in [4.69, 9.17) is 9.47 Å². The lowest BCUT2D eigenvalue weighted by molar-refractivity contribution is -0.302. The Morgan fingerprint density at radius 1 is 0.892 bits per heavy atom. The number of hydrogen-bond donors (Lipinski definition) is 6. The van der Waals surface area contributed by atoms with E-state index in [0.29, 0.717) is 6.42 Å². The van der Waals surface area contributed by atoms with Crippen molar-refractivity contribution in [3.05, 3.63) is 12.2 Å². The highest BCUT2D eigenvalue weighted by atomic mass is 16.7. The number of aliphatic hydroxyl groups is 5. The first-order valence-electron chi connectivity index (χ1n) is 14.4. The number of carbonyl (C=O) groups excluding carboxylic acids is 1. The van der Waals surface area contributed by atoms with Crippen LogP contribution in [-0.2, 0) is 14.3 Å². The smallest absolute Gasteiger partial charge is 0.220 e. The maximum Gasteiger partial charge on any atom is 0.220 e. The first-order chi connectivity index (χ1) is 17.8. The van der Waals surface area contributed by atoms with Crippen LogP contribution in [0.5, 0.6) is 0 Å². The molecular formula is C28H53NO8. The Morgan fingerprint density at radius 3 is 2.11 bits per heavy atom. The second kappa shape index (κ2) is 20.8. The number of hydrogen-bond acceptors (Lipinski definition) is 8. The molecular weight excluding hydrogens is 478 g/mol. The van der Waals surface area contributed by atoms with Crippen LogP contribution in [-0.4, -0.2) is 87.5 Å². The number of unbranched alkanes of at least 4 members (excludes halogenated alkanes) is 11. The van der Waals surface area contributed by atoms with Gasteiger partial charge in [0.05, 0.1) is 25.4 Å². The van der Waals surface area contributed by atoms with Gasteiger partial charge in [-0.25, -0.2) is 0 Å². The van der Waals surface area contributed by atoms with Gasteiger partial charge in [-0.3, -0.25) is 4.79 Å². The van der Waals surface area contributed by atoms with Crippen LogP contribution in [0.25, 0.3) is 0 Å². The lowest BCUT2D eigenvalue weighted by Crippen LogP contribution is -2.60. The highest BCUT2D eigenvalue weighted by molar-refractivity contribution is 5.76. The number of ether oxygens (including phenoxy) is 2. The third-order valence-corrected chi connectivity index (χ3v) is 6.86. The zero-order chi connectivity index (χ0) is 27.5. The van der Waals surface area contributed by atoms with Gasteiger partial charge >= 0.3 is 0 Å². The number of rotatable bonds is 21. The van der Waals surface area contributed by atoms with Gasteiger partial charge in [0.2, 0.25) is 5.91 Å². The molecule has 0 aromatic heterocycles. The molecule has 1 amide bonds. The summed E-state index contributed by atoms with van der Waals surface area (Å²) in [5, 5.41) is 53.0. The van der Waals surface area contributed by atoms with E-state index < -0.39 is 49.5 Å². The Morgan fingerprint density at radius 2 is 1.49 bits per heavy atom. The third-order valence-electron chi connectivity index (χ3n) is 6.86. The van der Waals surface area contributed by atoms with E-state index in [0.717, 1.165) is 38.5 Å². The fraction of sp³-hybridized carbons (Fsp3) is 0.893. The van der Waals surface area contributed by atoms with Crippen molar-refractivity contribution in [3.8, 4) is 0 Å². The first kappa shape index (κ1) is 34.0. The van der Waals surface area contributed by atoms with Crippen LogP contribution in [0.3, 0.4) is 0 Å². The van der Waals surface area contributed by atoms with E-state index in [9.17, 15) is 30.3 Å². The Kier molecular flexibility index (Phi) is 19.1. The molecule has 6 N–H and O–H groups in total. The summed E-state index contributed by atoms with van der Waals surface area (Å²) in [6.07, 6.45) is 10.6. The predicted octanol–water partition coefficient (Wildman–Crippen LogP) is 2.71. The molecule has 0 aromatic carbocycles. The lowest BCUT2D eigenvalue weighted by atomic mass is 9.99. The molecule has 0 radical (unpaired) electrons. The largest absolute Gasteiger partial charge is 0.394 e. The molecule has 0 bridgehead atoms. The number of aliphatic hydroxyl groups excluding tert-OH is 5. The molecule has 9 nitrogen and oxygen atoms in total. The summed E-state index contributed by atoms with van der Waals surface area (Å²) in [6, 6.07) is -0.791. The lowest BCUT2D eigenvalue weighted by Gasteiger charge is -2.40. The SMILES string of the molecule is CCCCCCCCCCC/C=C/C(O)C(COC1OC(CO)C(O)C(O)C1O)NC(=O)CCCCC. The van der Waals surface area contributed by atoms with Crippen LogP contribution >= 0.6 is 0 Å². The van der Waals surface area contributed by atoms with Crippen molar-refractivity contribution < 1.29 is 39.8 Å². The molecule has 7 unspecified atom stereocenters. The molecule has 0 aromatic rings. The van der Waals surface area contributed by atoms with Crippen LogP contribution in [0.1, 0.15) is 104 Å². The minimum atomic E-state index is -1.56. The average molecular weight is 532 g/mol. The average Bonchev–Trinajstić information content (AvgIpc) is 2.89. The molecule has 0 spiro atoms. The van der Waals surface area contributed by atoms with E-state index in [-0.39, 0.29) is 12.5 Å². The van der Waals surface area contributed by atoms with Crippen molar-refractivity contribution in [1.82, 2.24) is 5.32 Å². The standard InChI is InChI=1S/C28H53NO8/c1-3-5-7-8-9-10-11-12-13-14-16-17-22(31)21(29-24(32)18-15-6-4-2)20-36-28-27(35)26(34)25(33)23(19-30)37-28/h16-17,21-23,25-28,30-31,33-35H,3-15,18-20H2,1-2H3,(H,29,32)/b17-16+. The van der Waals surface area contributed by atoms with Gasteiger partial charge in [-0.05, 0) is 19.3 Å². The summed E-state index contributed by atoms with van der Waals surface area (Å²) in [7, 11) is 0. The topological polar surface area (TPSA) is 149 Å². The quantitative estimate of drug-likeness (QED) is 0.0978. The van der Waals surface area contributed by atoms with Crippen LogP contribution in [0.15, 0.2) is 12.2 Å². The normalized spacial score (nSPS) is 25.9. The number of amides is 1. The van der Waals surface area contributed by atoms with Gasteiger partial charge in [0, 0.05) is 6.42 Å². The van der Waals surface area contributed by atoms with Gasteiger partial charge in [-0.2, -0.15) is 0 Å². The van der Waals surface area contributed by atoms with E-state index in [1.165, 1.54) is 44.9 Å². The molecule has 1 fully saturated rings. The molecule has 9 heteroatoms. The van der Waals surface area contributed by atoms with E-state index in [1.54, 1.807) is 6.08 Å². The highest BCUT2D eigenvalue weighted by Crippen LogP contribution is 2.22. The first-order valence-corrected chi connectivity index (χ1v) is 14.4. The number of carbonyl (C=O) groups is 1. The highest BCUT2D eigenvalue weighted by Gasteiger charge is 2.44. The van der Waals surface area contributed by atoms with E-state index in [1.807, 2.05) is 6.08 Å². The van der Waals surface area contributed by atoms with Gasteiger partial charge in [0.15, 0.2) is 6.29 Å². The van der Waals surface area contributed by atoms with Crippen molar-refractivity contribution in [2.75, 3.05) is 13.2 Å². The maximum absolute atomic E-state index is 12.4. The predicted molar refractivity (Wildman–Crippen MR) is 143 cm³/mol. The fourth-order valence-electron chi connectivity index (χ4n) is 4.39. The van der Waals surface area contributed by atoms with Crippen LogP contribution < -0.4 is 5.32 Å². The van der Waals surface area contributed by atoms with Crippen LogP contribution in [0.4, 0.5) is 0 Å². The van der Waals surface area contributed by atoms with Crippen LogP contribution in [0.2, 0.25) is 0 Å². The molecule has 1 heterocycles. The monoisotopic (exact) mass is 531 g/mol. The van der Waals surface area contributed by atoms with Gasteiger partial charge in [0.1, 0.15) is 24.4 Å². The summed E-state index contributed by atoms with van der Waals surface area (Å²) in [6.45, 7) is 3.52. The number of nitrogens with one attached hydrogen (secondary N) is 1. The van der Waals surface area contributed by atoms with Gasteiger partial charge < -0.3 is 40.3 Å². The van der Waals surface area contributed by atoms with Crippen molar-refractivity contribution in [2.45, 2.75) is 147 Å². The summed E-state index contributed by atoms with van der Waals surface area (Å²) in [5.41, 5.74) is 0. The minimum absolute atomic E-state index is 0.189. The minimum Gasteiger partial charge on any atom is -0.394 e. The van der Waals surface area contributed by atoms with Crippen molar-refractivity contribution in [3.63, 3.8) is 0 Å². The fourth-order valence-corrected chi connectivity index (χ4v) is 4.39. The Bertz CT molecular complexity index is 603. The molecule has 7 atom stereocenters. The summed E-state index contributed by atoms with van der Waals surface area (Å²) in [4.78, 5) is 12.4. The maximum atomic E-state index is 12.4. The molecule has 1 rings (SSSR count). The third kappa shape index (κ3) is 14.0. The molecule has 37 heavy (non-hydrogen) atoms. The Hall–Kier alpha value is -1.07. The second-order valence-electron chi connectivity index (χ2n) is 10.2. The second-order valence-corrected chi connectivity index (χ2v) is 10.2. The number of allylic oxidation sites excluding steroid dienone is 1. The zero-order valence-corrected chi connectivity index (χ0v) is 23.0. The van der Waals surface area contributed by atoms with E-state index >= 15 is 0 Å². The van der Waals surface area contributed by atoms with Crippen molar-refractivity contribution in [1.29, 1.82) is 0 Å². The molecule has 0 saturated carbocycles. The Labute approximate surface area is 223 Å². The van der Waals surface area contributed by atoms with Crippen LogP contribution in [0, 0.1) is 0 Å². The summed E-state index contributed by atoms with van der Waals surface area (Å²) >= 11 is 0. The Balaban J connectivity index is 2.54. The van der Waals surface area contributed by atoms with E-state index in [2.05, 4.69) is 19.2 Å². The van der Waals surface area contributed by atoms with Gasteiger partial charge in [-0.15, -0.1) is 0 Å². The van der Waals surface area contributed by atoms with Gasteiger partial charge in [0.25, 0.3) is 0 Å².